The molecule has 0 spiro atoms. The monoisotopic (exact) mass is 544 g/mol. The van der Waals surface area contributed by atoms with Crippen molar-refractivity contribution in [1.82, 2.24) is 5.32 Å². The second-order valence-corrected chi connectivity index (χ2v) is 9.88. The van der Waals surface area contributed by atoms with Gasteiger partial charge in [0.2, 0.25) is 0 Å². The van der Waals surface area contributed by atoms with Crippen LogP contribution < -0.4 is 10.2 Å². The van der Waals surface area contributed by atoms with E-state index in [1.807, 2.05) is 78.9 Å². The first-order valence-corrected chi connectivity index (χ1v) is 14.0. The zero-order valence-corrected chi connectivity index (χ0v) is 23.5. The van der Waals surface area contributed by atoms with Gasteiger partial charge in [-0.3, -0.25) is 14.5 Å². The van der Waals surface area contributed by atoms with Crippen molar-refractivity contribution in [3.05, 3.63) is 90.0 Å². The normalized spacial score (nSPS) is 11.6. The van der Waals surface area contributed by atoms with Crippen molar-refractivity contribution in [1.29, 1.82) is 0 Å². The van der Waals surface area contributed by atoms with Gasteiger partial charge in [0, 0.05) is 19.3 Å². The number of unbranched alkanes of at least 4 members (excludes halogenated alkanes) is 4. The van der Waals surface area contributed by atoms with Crippen LogP contribution in [-0.4, -0.2) is 49.7 Å². The van der Waals surface area contributed by atoms with Crippen LogP contribution in [-0.2, 0) is 14.3 Å². The lowest BCUT2D eigenvalue weighted by Gasteiger charge is -2.19. The minimum absolute atomic E-state index is 0.0106. The van der Waals surface area contributed by atoms with Crippen molar-refractivity contribution >= 4 is 23.5 Å². The molecule has 0 saturated carbocycles. The Labute approximate surface area is 237 Å². The third kappa shape index (κ3) is 9.35. The summed E-state index contributed by atoms with van der Waals surface area (Å²) in [4.78, 5) is 38.2. The maximum absolute atomic E-state index is 13.2. The van der Waals surface area contributed by atoms with E-state index in [1.54, 1.807) is 11.9 Å². The molecule has 3 rings (SSSR count). The Kier molecular flexibility index (Phi) is 12.4. The van der Waals surface area contributed by atoms with Gasteiger partial charge in [0.15, 0.2) is 5.78 Å². The van der Waals surface area contributed by atoms with Crippen molar-refractivity contribution < 1.29 is 24.2 Å². The Balaban J connectivity index is 1.69. The molecule has 0 bridgehead atoms. The number of Topliss-reactive ketones (excluding diaryl/α,β-unsaturated/α-hetero) is 1. The Morgan fingerprint density at radius 1 is 0.850 bits per heavy atom. The number of hydrogen-bond donors (Lipinski definition) is 2. The van der Waals surface area contributed by atoms with Crippen LogP contribution in [0.15, 0.2) is 78.9 Å². The average molecular weight is 545 g/mol. The van der Waals surface area contributed by atoms with Crippen LogP contribution in [0.3, 0.4) is 0 Å². The summed E-state index contributed by atoms with van der Waals surface area (Å²) in [6, 6.07) is 25.0. The lowest BCUT2D eigenvalue weighted by atomic mass is 9.87. The summed E-state index contributed by atoms with van der Waals surface area (Å²) in [7, 11) is 1.77. The number of carboxylic acids is 1. The number of nitrogens with zero attached hydrogens (tertiary/aromatic N) is 1. The van der Waals surface area contributed by atoms with Gasteiger partial charge in [0.05, 0.1) is 18.9 Å². The Morgan fingerprint density at radius 2 is 1.55 bits per heavy atom. The molecule has 0 heterocycles. The number of rotatable bonds is 16. The van der Waals surface area contributed by atoms with Crippen LogP contribution in [0.25, 0.3) is 11.1 Å². The fourth-order valence-corrected chi connectivity index (χ4v) is 4.55. The number of benzene rings is 3. The Bertz CT molecular complexity index is 1230. The van der Waals surface area contributed by atoms with Gasteiger partial charge in [0.25, 0.3) is 0 Å². The van der Waals surface area contributed by atoms with Crippen molar-refractivity contribution in [2.45, 2.75) is 51.4 Å². The van der Waals surface area contributed by atoms with Crippen molar-refractivity contribution in [2.75, 3.05) is 31.7 Å². The first-order chi connectivity index (χ1) is 19.4. The van der Waals surface area contributed by atoms with Gasteiger partial charge in [-0.2, -0.15) is 0 Å². The Morgan fingerprint density at radius 3 is 2.25 bits per heavy atom. The zero-order valence-electron chi connectivity index (χ0n) is 23.5. The molecule has 1 atom stereocenters. The van der Waals surface area contributed by atoms with Crippen LogP contribution in [0.2, 0.25) is 0 Å². The molecule has 0 aliphatic rings. The second kappa shape index (κ2) is 16.2. The number of ether oxygens (including phenoxy) is 1. The number of urea groups is 1. The number of amides is 2. The van der Waals surface area contributed by atoms with Crippen LogP contribution >= 0.6 is 0 Å². The molecule has 1 unspecified atom stereocenters. The van der Waals surface area contributed by atoms with E-state index in [0.717, 1.165) is 40.8 Å². The molecule has 0 fully saturated rings. The van der Waals surface area contributed by atoms with Gasteiger partial charge < -0.3 is 15.2 Å². The van der Waals surface area contributed by atoms with Crippen LogP contribution in [0.4, 0.5) is 10.5 Å². The number of nitrogens with one attached hydrogen (secondary N) is 1. The summed E-state index contributed by atoms with van der Waals surface area (Å²) in [5.74, 6) is -1.62. The molecule has 3 aromatic rings. The summed E-state index contributed by atoms with van der Waals surface area (Å²) < 4.78 is 5.36. The van der Waals surface area contributed by atoms with Gasteiger partial charge in [-0.05, 0) is 40.8 Å². The van der Waals surface area contributed by atoms with E-state index < -0.39 is 11.9 Å². The number of anilines is 1. The lowest BCUT2D eigenvalue weighted by molar-refractivity contribution is -0.139. The molecular weight excluding hydrogens is 504 g/mol. The Hall–Kier alpha value is -3.97. The summed E-state index contributed by atoms with van der Waals surface area (Å²) in [5, 5.41) is 11.8. The summed E-state index contributed by atoms with van der Waals surface area (Å²) >= 11 is 0. The molecule has 0 aliphatic carbocycles. The highest BCUT2D eigenvalue weighted by atomic mass is 16.5. The summed E-state index contributed by atoms with van der Waals surface area (Å²) in [6.45, 7) is 2.68. The molecule has 3 aromatic carbocycles. The highest BCUT2D eigenvalue weighted by molar-refractivity contribution is 5.92. The number of carbonyl (C=O) groups excluding carboxylic acids is 2. The number of ketones is 1. The minimum Gasteiger partial charge on any atom is -0.481 e. The summed E-state index contributed by atoms with van der Waals surface area (Å²) in [5.41, 5.74) is 4.39. The highest BCUT2D eigenvalue weighted by Crippen LogP contribution is 2.30. The predicted octanol–water partition coefficient (Wildman–Crippen LogP) is 6.66. The van der Waals surface area contributed by atoms with Crippen LogP contribution in [0.5, 0.6) is 0 Å². The van der Waals surface area contributed by atoms with E-state index in [4.69, 9.17) is 9.84 Å². The fourth-order valence-electron chi connectivity index (χ4n) is 4.55. The first-order valence-electron chi connectivity index (χ1n) is 14.0. The van der Waals surface area contributed by atoms with Crippen LogP contribution in [0.1, 0.15) is 62.5 Å². The van der Waals surface area contributed by atoms with E-state index in [-0.39, 0.29) is 31.4 Å². The average Bonchev–Trinajstić information content (AvgIpc) is 2.97. The molecule has 2 amide bonds. The molecule has 0 aliphatic heterocycles. The largest absolute Gasteiger partial charge is 0.481 e. The third-order valence-electron chi connectivity index (χ3n) is 6.83. The van der Waals surface area contributed by atoms with Crippen molar-refractivity contribution in [3.8, 4) is 11.1 Å². The van der Waals surface area contributed by atoms with Gasteiger partial charge >= 0.3 is 12.0 Å². The molecule has 212 valence electrons. The van der Waals surface area contributed by atoms with Gasteiger partial charge in [-0.25, -0.2) is 4.79 Å². The van der Waals surface area contributed by atoms with E-state index in [1.165, 1.54) is 19.3 Å². The first kappa shape index (κ1) is 30.6. The van der Waals surface area contributed by atoms with Crippen molar-refractivity contribution in [2.24, 2.45) is 0 Å². The van der Waals surface area contributed by atoms with Crippen LogP contribution in [0, 0.1) is 0 Å². The maximum atomic E-state index is 13.2. The zero-order chi connectivity index (χ0) is 28.7. The molecule has 7 nitrogen and oxygen atoms in total. The lowest BCUT2D eigenvalue weighted by Crippen LogP contribution is -2.37. The molecule has 40 heavy (non-hydrogen) atoms. The van der Waals surface area contributed by atoms with Gasteiger partial charge in [-0.1, -0.05) is 99.3 Å². The highest BCUT2D eigenvalue weighted by Gasteiger charge is 2.23. The number of aliphatic carboxylic acids is 1. The second-order valence-electron chi connectivity index (χ2n) is 9.88. The minimum atomic E-state index is -0.962. The molecular formula is C33H40N2O5. The van der Waals surface area contributed by atoms with Crippen molar-refractivity contribution in [3.63, 3.8) is 0 Å². The van der Waals surface area contributed by atoms with Gasteiger partial charge in [-0.15, -0.1) is 0 Å². The van der Waals surface area contributed by atoms with E-state index in [2.05, 4.69) is 12.2 Å². The molecule has 7 heteroatoms. The van der Waals surface area contributed by atoms with E-state index >= 15 is 0 Å². The summed E-state index contributed by atoms with van der Waals surface area (Å²) in [6.07, 6.45) is 5.58. The van der Waals surface area contributed by atoms with E-state index in [0.29, 0.717) is 6.54 Å². The smallest absolute Gasteiger partial charge is 0.321 e. The van der Waals surface area contributed by atoms with Gasteiger partial charge in [0.1, 0.15) is 6.61 Å². The molecule has 0 saturated heterocycles. The maximum Gasteiger partial charge on any atom is 0.321 e. The molecule has 2 N–H and O–H groups in total. The number of carbonyl (C=O) groups is 3. The quantitative estimate of drug-likeness (QED) is 0.197. The molecule has 0 aromatic heterocycles. The third-order valence-corrected chi connectivity index (χ3v) is 6.83. The molecule has 0 radical (unpaired) electrons. The van der Waals surface area contributed by atoms with E-state index in [9.17, 15) is 14.4 Å². The number of carboxylic acid groups (broad SMARTS) is 1. The SMILES string of the molecule is CCCCCCCNC(=O)N(C)c1cccc(-c2ccc(C(C(=O)COCCC(=O)O)c3ccccc3)cc2)c1. The predicted molar refractivity (Wildman–Crippen MR) is 159 cm³/mol. The standard InChI is InChI=1S/C33H40N2O5/c1-3-4-5-6-10-21-34-33(39)35(2)29-15-11-14-28(23-29)25-16-18-27(19-17-25)32(26-12-8-7-9-13-26)30(36)24-40-22-20-31(37)38/h7-9,11-19,23,32H,3-6,10,20-22,24H2,1-2H3,(H,34,39)(H,37,38). The number of hydrogen-bond acceptors (Lipinski definition) is 4. The fraction of sp³-hybridized carbons (Fsp3) is 0.364. The topological polar surface area (TPSA) is 95.9 Å².